The Balaban J connectivity index is 1.73. The average molecular weight is 527 g/mol. The molecule has 2 saturated carbocycles. The number of hydrogen-bond donors (Lipinski definition) is 0. The summed E-state index contributed by atoms with van der Waals surface area (Å²) in [5, 5.41) is 0. The Hall–Kier alpha value is -2.44. The Morgan fingerprint density at radius 3 is 2.13 bits per heavy atom. The molecule has 38 heavy (non-hydrogen) atoms. The summed E-state index contributed by atoms with van der Waals surface area (Å²) in [6.07, 6.45) is 1.61. The van der Waals surface area contributed by atoms with Crippen molar-refractivity contribution in [3.63, 3.8) is 0 Å². The smallest absolute Gasteiger partial charge is 0.308 e. The SMILES string of the molecule is COC(=O)[C@H](C)CC(=O)C[C@@H](C)[C@H]1CC(=O)[C@@]2(C)C3=C(C(=O)C[C@]12C)[C@@]1(C)CCC(=O)C(C)(C)[C@@H]1CC3=O. The monoisotopic (exact) mass is 526 g/mol. The lowest BCUT2D eigenvalue weighted by molar-refractivity contribution is -0.147. The predicted octanol–water partition coefficient (Wildman–Crippen LogP) is 4.64. The van der Waals surface area contributed by atoms with E-state index in [4.69, 9.17) is 4.74 Å². The largest absolute Gasteiger partial charge is 0.469 e. The summed E-state index contributed by atoms with van der Waals surface area (Å²) in [7, 11) is 1.29. The van der Waals surface area contributed by atoms with Crippen molar-refractivity contribution in [2.75, 3.05) is 7.11 Å². The molecule has 0 heterocycles. The highest BCUT2D eigenvalue weighted by atomic mass is 16.5. The third-order valence-corrected chi connectivity index (χ3v) is 11.3. The maximum absolute atomic E-state index is 14.0. The lowest BCUT2D eigenvalue weighted by Gasteiger charge is -2.58. The summed E-state index contributed by atoms with van der Waals surface area (Å²) in [6, 6.07) is 0. The van der Waals surface area contributed by atoms with Crippen LogP contribution in [0.1, 0.15) is 93.4 Å². The molecule has 0 bridgehead atoms. The van der Waals surface area contributed by atoms with Gasteiger partial charge in [-0.2, -0.15) is 0 Å². The minimum Gasteiger partial charge on any atom is -0.469 e. The Kier molecular flexibility index (Phi) is 6.81. The van der Waals surface area contributed by atoms with E-state index in [1.54, 1.807) is 6.92 Å². The molecule has 4 aliphatic rings. The molecule has 7 nitrogen and oxygen atoms in total. The Morgan fingerprint density at radius 1 is 0.895 bits per heavy atom. The van der Waals surface area contributed by atoms with Gasteiger partial charge < -0.3 is 4.74 Å². The summed E-state index contributed by atoms with van der Waals surface area (Å²) >= 11 is 0. The zero-order chi connectivity index (χ0) is 28.6. The molecule has 0 N–H and O–H groups in total. The number of fused-ring (bicyclic) bond motifs is 4. The summed E-state index contributed by atoms with van der Waals surface area (Å²) < 4.78 is 4.74. The molecule has 0 aromatic heterocycles. The molecular weight excluding hydrogens is 484 g/mol. The van der Waals surface area contributed by atoms with Gasteiger partial charge in [0.05, 0.1) is 18.4 Å². The lowest BCUT2D eigenvalue weighted by Crippen LogP contribution is -2.59. The van der Waals surface area contributed by atoms with E-state index in [2.05, 4.69) is 0 Å². The van der Waals surface area contributed by atoms with Crippen molar-refractivity contribution in [1.82, 2.24) is 0 Å². The van der Waals surface area contributed by atoms with E-state index < -0.39 is 33.5 Å². The van der Waals surface area contributed by atoms with E-state index in [1.165, 1.54) is 7.11 Å². The molecule has 2 fully saturated rings. The molecule has 0 aliphatic heterocycles. The van der Waals surface area contributed by atoms with Gasteiger partial charge in [-0.15, -0.1) is 0 Å². The summed E-state index contributed by atoms with van der Waals surface area (Å²) in [5.74, 6) is -2.00. The summed E-state index contributed by atoms with van der Waals surface area (Å²) in [5.41, 5.74) is -2.40. The number of ketones is 5. The number of methoxy groups -OCH3 is 1. The van der Waals surface area contributed by atoms with Crippen LogP contribution in [-0.2, 0) is 33.5 Å². The second-order valence-electron chi connectivity index (χ2n) is 13.7. The van der Waals surface area contributed by atoms with Crippen molar-refractivity contribution in [3.05, 3.63) is 11.1 Å². The van der Waals surface area contributed by atoms with Crippen LogP contribution in [0, 0.1) is 45.3 Å². The van der Waals surface area contributed by atoms with Crippen LogP contribution < -0.4 is 0 Å². The molecule has 0 aromatic carbocycles. The van der Waals surface area contributed by atoms with Crippen LogP contribution in [0.5, 0.6) is 0 Å². The quantitative estimate of drug-likeness (QED) is 0.464. The van der Waals surface area contributed by atoms with Gasteiger partial charge in [0.25, 0.3) is 0 Å². The van der Waals surface area contributed by atoms with Gasteiger partial charge >= 0.3 is 5.97 Å². The van der Waals surface area contributed by atoms with Crippen LogP contribution in [0.2, 0.25) is 0 Å². The van der Waals surface area contributed by atoms with Crippen LogP contribution in [0.25, 0.3) is 0 Å². The number of rotatable bonds is 6. The third-order valence-electron chi connectivity index (χ3n) is 11.3. The normalized spacial score (nSPS) is 37.8. The molecule has 0 spiro atoms. The maximum atomic E-state index is 14.0. The van der Waals surface area contributed by atoms with Crippen LogP contribution >= 0.6 is 0 Å². The zero-order valence-corrected chi connectivity index (χ0v) is 24.1. The molecule has 0 aromatic rings. The molecule has 7 atom stereocenters. The van der Waals surface area contributed by atoms with E-state index in [1.807, 2.05) is 41.5 Å². The number of Topliss-reactive ketones (excluding diaryl/α,β-unsaturated/α-hetero) is 5. The number of carbonyl (C=O) groups excluding carboxylic acids is 6. The highest BCUT2D eigenvalue weighted by Gasteiger charge is 2.70. The van der Waals surface area contributed by atoms with Crippen LogP contribution in [0.4, 0.5) is 0 Å². The fourth-order valence-electron chi connectivity index (χ4n) is 8.85. The van der Waals surface area contributed by atoms with Gasteiger partial charge in [-0.25, -0.2) is 0 Å². The fraction of sp³-hybridized carbons (Fsp3) is 0.742. The zero-order valence-electron chi connectivity index (χ0n) is 24.1. The first-order valence-electron chi connectivity index (χ1n) is 13.9. The molecule has 0 saturated heterocycles. The Labute approximate surface area is 225 Å². The fourth-order valence-corrected chi connectivity index (χ4v) is 8.85. The summed E-state index contributed by atoms with van der Waals surface area (Å²) in [6.45, 7) is 13.1. The maximum Gasteiger partial charge on any atom is 0.308 e. The highest BCUT2D eigenvalue weighted by Crippen LogP contribution is 2.69. The number of esters is 1. The molecular formula is C31H42O7. The van der Waals surface area contributed by atoms with E-state index >= 15 is 0 Å². The van der Waals surface area contributed by atoms with Gasteiger partial charge in [0.15, 0.2) is 11.6 Å². The molecule has 0 unspecified atom stereocenters. The van der Waals surface area contributed by atoms with Crippen LogP contribution in [-0.4, -0.2) is 42.0 Å². The van der Waals surface area contributed by atoms with Crippen molar-refractivity contribution in [3.8, 4) is 0 Å². The third kappa shape index (κ3) is 3.74. The van der Waals surface area contributed by atoms with Crippen LogP contribution in [0.3, 0.4) is 0 Å². The van der Waals surface area contributed by atoms with E-state index in [-0.39, 0.29) is 78.8 Å². The second-order valence-corrected chi connectivity index (χ2v) is 13.7. The minimum absolute atomic E-state index is 0.0474. The van der Waals surface area contributed by atoms with Crippen molar-refractivity contribution < 1.29 is 33.5 Å². The minimum atomic E-state index is -1.12. The second kappa shape index (κ2) is 9.06. The van der Waals surface area contributed by atoms with Crippen molar-refractivity contribution in [2.24, 2.45) is 45.3 Å². The number of allylic oxidation sites excluding steroid dienone is 2. The van der Waals surface area contributed by atoms with E-state index in [9.17, 15) is 28.8 Å². The van der Waals surface area contributed by atoms with Gasteiger partial charge in [0.1, 0.15) is 17.3 Å². The first-order valence-corrected chi connectivity index (χ1v) is 13.9. The molecule has 208 valence electrons. The van der Waals surface area contributed by atoms with Crippen molar-refractivity contribution in [2.45, 2.75) is 93.4 Å². The average Bonchev–Trinajstić information content (AvgIpc) is 3.03. The number of ether oxygens (including phenoxy) is 1. The molecule has 0 amide bonds. The Morgan fingerprint density at radius 2 is 1.53 bits per heavy atom. The van der Waals surface area contributed by atoms with Gasteiger partial charge in [-0.3, -0.25) is 28.8 Å². The molecule has 4 aliphatic carbocycles. The first kappa shape index (κ1) is 28.6. The van der Waals surface area contributed by atoms with Crippen molar-refractivity contribution >= 4 is 34.9 Å². The first-order chi connectivity index (χ1) is 17.5. The topological polar surface area (TPSA) is 112 Å². The Bertz CT molecular complexity index is 1170. The van der Waals surface area contributed by atoms with Gasteiger partial charge in [0, 0.05) is 60.5 Å². The molecule has 7 heteroatoms. The van der Waals surface area contributed by atoms with Gasteiger partial charge in [0.2, 0.25) is 0 Å². The van der Waals surface area contributed by atoms with Crippen molar-refractivity contribution in [1.29, 1.82) is 0 Å². The standard InChI is InChI=1S/C31H42O7/c1-16(11-18(32)12-17(2)27(37)38-8)19-13-24(36)31(7)26-20(33)14-22-28(3,4)23(35)9-10-29(22,5)25(26)21(34)15-30(19,31)6/h16-17,19,22H,9-15H2,1-8H3/t16-,17-,19-,22+,29+,30-,31+/m1/s1. The number of hydrogen-bond acceptors (Lipinski definition) is 7. The molecule has 4 rings (SSSR count). The van der Waals surface area contributed by atoms with Crippen LogP contribution in [0.15, 0.2) is 11.1 Å². The van der Waals surface area contributed by atoms with E-state index in [0.29, 0.717) is 24.0 Å². The number of carbonyl (C=O) groups is 6. The summed E-state index contributed by atoms with van der Waals surface area (Å²) in [4.78, 5) is 79.3. The van der Waals surface area contributed by atoms with Gasteiger partial charge in [-0.05, 0) is 36.5 Å². The van der Waals surface area contributed by atoms with E-state index in [0.717, 1.165) is 0 Å². The van der Waals surface area contributed by atoms with Gasteiger partial charge in [-0.1, -0.05) is 41.5 Å². The molecule has 0 radical (unpaired) electrons. The lowest BCUT2D eigenvalue weighted by atomic mass is 9.43. The predicted molar refractivity (Wildman–Crippen MR) is 140 cm³/mol. The highest BCUT2D eigenvalue weighted by molar-refractivity contribution is 6.16.